The molecule has 0 aliphatic rings. The Morgan fingerprint density at radius 2 is 2.00 bits per heavy atom. The molecule has 1 aromatic carbocycles. The SMILES string of the molecule is CN(Cc1ccccc1Br)C(=O)c1ccc[nH]c1=O. The van der Waals surface area contributed by atoms with Crippen LogP contribution >= 0.6 is 15.9 Å². The van der Waals surface area contributed by atoms with Gasteiger partial charge in [-0.1, -0.05) is 34.1 Å². The monoisotopic (exact) mass is 320 g/mol. The summed E-state index contributed by atoms with van der Waals surface area (Å²) in [6.07, 6.45) is 1.51. The first kappa shape index (κ1) is 13.5. The van der Waals surface area contributed by atoms with Crippen molar-refractivity contribution in [2.24, 2.45) is 0 Å². The number of rotatable bonds is 3. The molecule has 0 unspecified atom stereocenters. The smallest absolute Gasteiger partial charge is 0.260 e. The zero-order valence-corrected chi connectivity index (χ0v) is 12.0. The zero-order valence-electron chi connectivity index (χ0n) is 10.4. The van der Waals surface area contributed by atoms with Crippen LogP contribution in [0.1, 0.15) is 15.9 Å². The Bertz CT molecular complexity index is 652. The van der Waals surface area contributed by atoms with Crippen molar-refractivity contribution < 1.29 is 4.79 Å². The van der Waals surface area contributed by atoms with E-state index in [0.29, 0.717) is 6.54 Å². The summed E-state index contributed by atoms with van der Waals surface area (Å²) < 4.78 is 0.941. The lowest BCUT2D eigenvalue weighted by Crippen LogP contribution is -2.31. The summed E-state index contributed by atoms with van der Waals surface area (Å²) >= 11 is 3.44. The van der Waals surface area contributed by atoms with E-state index in [-0.39, 0.29) is 17.0 Å². The third kappa shape index (κ3) is 3.12. The number of carbonyl (C=O) groups excluding carboxylic acids is 1. The van der Waals surface area contributed by atoms with Crippen molar-refractivity contribution in [1.29, 1.82) is 0 Å². The lowest BCUT2D eigenvalue weighted by atomic mass is 10.2. The fraction of sp³-hybridized carbons (Fsp3) is 0.143. The highest BCUT2D eigenvalue weighted by atomic mass is 79.9. The maximum atomic E-state index is 12.2. The van der Waals surface area contributed by atoms with Gasteiger partial charge in [0.2, 0.25) is 0 Å². The van der Waals surface area contributed by atoms with Crippen LogP contribution in [0.5, 0.6) is 0 Å². The quantitative estimate of drug-likeness (QED) is 0.944. The minimum atomic E-state index is -0.369. The molecule has 0 saturated carbocycles. The molecule has 1 amide bonds. The van der Waals surface area contributed by atoms with E-state index in [1.54, 1.807) is 13.1 Å². The maximum absolute atomic E-state index is 12.2. The third-order valence-corrected chi connectivity index (χ3v) is 3.53. The Morgan fingerprint density at radius 1 is 1.26 bits per heavy atom. The molecule has 1 N–H and O–H groups in total. The summed E-state index contributed by atoms with van der Waals surface area (Å²) in [6, 6.07) is 10.8. The molecule has 0 atom stereocenters. The van der Waals surface area contributed by atoms with Gasteiger partial charge in [0.15, 0.2) is 0 Å². The van der Waals surface area contributed by atoms with Crippen LogP contribution in [0.15, 0.2) is 51.9 Å². The van der Waals surface area contributed by atoms with Crippen molar-refractivity contribution in [2.75, 3.05) is 7.05 Å². The van der Waals surface area contributed by atoms with Crippen LogP contribution in [0.2, 0.25) is 0 Å². The zero-order chi connectivity index (χ0) is 13.8. The molecule has 0 spiro atoms. The van der Waals surface area contributed by atoms with Crippen LogP contribution in [0, 0.1) is 0 Å². The average Bonchev–Trinajstić information content (AvgIpc) is 2.41. The Labute approximate surface area is 119 Å². The summed E-state index contributed by atoms with van der Waals surface area (Å²) in [5.74, 6) is -0.294. The Morgan fingerprint density at radius 3 is 2.68 bits per heavy atom. The number of pyridine rings is 1. The predicted molar refractivity (Wildman–Crippen MR) is 77.0 cm³/mol. The van der Waals surface area contributed by atoms with Crippen LogP contribution in [0.4, 0.5) is 0 Å². The second-order valence-electron chi connectivity index (χ2n) is 4.17. The van der Waals surface area contributed by atoms with Gasteiger partial charge in [-0.05, 0) is 23.8 Å². The number of amides is 1. The third-order valence-electron chi connectivity index (χ3n) is 2.76. The van der Waals surface area contributed by atoms with E-state index in [2.05, 4.69) is 20.9 Å². The molecule has 4 nitrogen and oxygen atoms in total. The van der Waals surface area contributed by atoms with Gasteiger partial charge in [-0.15, -0.1) is 0 Å². The number of halogens is 1. The number of hydrogen-bond acceptors (Lipinski definition) is 2. The Balaban J connectivity index is 2.19. The number of nitrogens with one attached hydrogen (secondary N) is 1. The van der Waals surface area contributed by atoms with Crippen molar-refractivity contribution in [3.63, 3.8) is 0 Å². The molecule has 0 bridgehead atoms. The van der Waals surface area contributed by atoms with E-state index in [1.807, 2.05) is 24.3 Å². The summed E-state index contributed by atoms with van der Waals surface area (Å²) in [5.41, 5.74) is 0.772. The van der Waals surface area contributed by atoms with Crippen LogP contribution in [-0.4, -0.2) is 22.8 Å². The van der Waals surface area contributed by atoms with Gasteiger partial charge in [0.1, 0.15) is 5.56 Å². The van der Waals surface area contributed by atoms with Crippen molar-refractivity contribution in [1.82, 2.24) is 9.88 Å². The summed E-state index contributed by atoms with van der Waals surface area (Å²) in [6.45, 7) is 0.439. The molecule has 19 heavy (non-hydrogen) atoms. The van der Waals surface area contributed by atoms with Crippen molar-refractivity contribution in [3.8, 4) is 0 Å². The maximum Gasteiger partial charge on any atom is 0.260 e. The van der Waals surface area contributed by atoms with Crippen molar-refractivity contribution >= 4 is 21.8 Å². The Kier molecular flexibility index (Phi) is 4.16. The summed E-state index contributed by atoms with van der Waals surface area (Å²) in [4.78, 5) is 27.8. The second-order valence-corrected chi connectivity index (χ2v) is 5.02. The lowest BCUT2D eigenvalue weighted by Gasteiger charge is -2.17. The Hall–Kier alpha value is -1.88. The number of nitrogens with zero attached hydrogens (tertiary/aromatic N) is 1. The van der Waals surface area contributed by atoms with Gasteiger partial charge in [-0.3, -0.25) is 9.59 Å². The highest BCUT2D eigenvalue weighted by Crippen LogP contribution is 2.17. The van der Waals surface area contributed by atoms with Gasteiger partial charge in [-0.2, -0.15) is 0 Å². The first-order valence-corrected chi connectivity index (χ1v) is 6.55. The van der Waals surface area contributed by atoms with Crippen LogP contribution in [0.3, 0.4) is 0 Å². The molecule has 1 aromatic heterocycles. The molecular weight excluding hydrogens is 308 g/mol. The first-order valence-electron chi connectivity index (χ1n) is 5.76. The molecule has 0 aliphatic heterocycles. The minimum absolute atomic E-state index is 0.150. The van der Waals surface area contributed by atoms with Gasteiger partial charge in [0, 0.05) is 24.3 Å². The average molecular weight is 321 g/mol. The summed E-state index contributed by atoms with van der Waals surface area (Å²) in [5, 5.41) is 0. The minimum Gasteiger partial charge on any atom is -0.337 e. The standard InChI is InChI=1S/C14H13BrN2O2/c1-17(9-10-5-2-3-7-12(10)15)14(19)11-6-4-8-16-13(11)18/h2-8H,9H2,1H3,(H,16,18). The molecule has 98 valence electrons. The number of carbonyl (C=O) groups is 1. The van der Waals surface area contributed by atoms with Crippen molar-refractivity contribution in [3.05, 3.63) is 68.5 Å². The largest absolute Gasteiger partial charge is 0.337 e. The molecule has 0 fully saturated rings. The summed E-state index contributed by atoms with van der Waals surface area (Å²) in [7, 11) is 1.67. The number of benzene rings is 1. The molecule has 5 heteroatoms. The van der Waals surface area contributed by atoms with Gasteiger partial charge < -0.3 is 9.88 Å². The van der Waals surface area contributed by atoms with Crippen LogP contribution < -0.4 is 5.56 Å². The van der Waals surface area contributed by atoms with E-state index in [9.17, 15) is 9.59 Å². The van der Waals surface area contributed by atoms with Gasteiger partial charge in [0.25, 0.3) is 11.5 Å². The van der Waals surface area contributed by atoms with E-state index >= 15 is 0 Å². The van der Waals surface area contributed by atoms with E-state index in [0.717, 1.165) is 10.0 Å². The lowest BCUT2D eigenvalue weighted by molar-refractivity contribution is 0.0783. The fourth-order valence-electron chi connectivity index (χ4n) is 1.75. The molecule has 0 saturated heterocycles. The number of aromatic amines is 1. The first-order chi connectivity index (χ1) is 9.09. The number of hydrogen-bond donors (Lipinski definition) is 1. The van der Waals surface area contributed by atoms with E-state index < -0.39 is 0 Å². The van der Waals surface area contributed by atoms with Crippen LogP contribution in [0.25, 0.3) is 0 Å². The molecule has 0 radical (unpaired) electrons. The second kappa shape index (κ2) is 5.84. The molecular formula is C14H13BrN2O2. The fourth-order valence-corrected chi connectivity index (χ4v) is 2.16. The normalized spacial score (nSPS) is 10.2. The highest BCUT2D eigenvalue weighted by molar-refractivity contribution is 9.10. The topological polar surface area (TPSA) is 53.2 Å². The van der Waals surface area contributed by atoms with E-state index in [4.69, 9.17) is 0 Å². The highest BCUT2D eigenvalue weighted by Gasteiger charge is 2.15. The molecule has 2 aromatic rings. The number of aromatic nitrogens is 1. The van der Waals surface area contributed by atoms with Gasteiger partial charge in [-0.25, -0.2) is 0 Å². The van der Waals surface area contributed by atoms with Crippen molar-refractivity contribution in [2.45, 2.75) is 6.54 Å². The number of H-pyrrole nitrogens is 1. The van der Waals surface area contributed by atoms with Crippen LogP contribution in [-0.2, 0) is 6.54 Å². The van der Waals surface area contributed by atoms with Gasteiger partial charge >= 0.3 is 0 Å². The van der Waals surface area contributed by atoms with E-state index in [1.165, 1.54) is 17.2 Å². The predicted octanol–water partition coefficient (Wildman–Crippen LogP) is 2.41. The molecule has 1 heterocycles. The molecule has 0 aliphatic carbocycles. The molecule has 2 rings (SSSR count). The van der Waals surface area contributed by atoms with Gasteiger partial charge in [0.05, 0.1) is 0 Å².